The summed E-state index contributed by atoms with van der Waals surface area (Å²) in [6.07, 6.45) is 0.645. The molecule has 3 rings (SSSR count). The van der Waals surface area contributed by atoms with Crippen molar-refractivity contribution in [2.24, 2.45) is 5.73 Å². The maximum Gasteiger partial charge on any atom is 0.141 e. The minimum atomic E-state index is 0.509. The lowest BCUT2D eigenvalue weighted by Crippen LogP contribution is -2.12. The number of imidazole rings is 1. The number of hydrogen-bond acceptors (Lipinski definition) is 3. The first-order valence-corrected chi connectivity index (χ1v) is 7.48. The number of hydrogen-bond donors (Lipinski definition) is 1. The standard InChI is InChI=1S/C17H17N3OS/c1-21-13-6-4-5-12(11-13)17-19-14-7-2-3-8-15(14)20(17)10-9-16(18)22/h2-8,11H,9-10H2,1H3,(H2,18,22). The van der Waals surface area contributed by atoms with Crippen LogP contribution in [-0.4, -0.2) is 21.6 Å². The van der Waals surface area contributed by atoms with E-state index in [1.165, 1.54) is 0 Å². The number of rotatable bonds is 5. The molecular weight excluding hydrogens is 294 g/mol. The molecule has 0 amide bonds. The smallest absolute Gasteiger partial charge is 0.141 e. The van der Waals surface area contributed by atoms with Crippen molar-refractivity contribution in [3.63, 3.8) is 0 Å². The van der Waals surface area contributed by atoms with E-state index in [4.69, 9.17) is 27.7 Å². The van der Waals surface area contributed by atoms with E-state index in [-0.39, 0.29) is 0 Å². The van der Waals surface area contributed by atoms with Crippen LogP contribution in [0.4, 0.5) is 0 Å². The lowest BCUT2D eigenvalue weighted by atomic mass is 10.2. The Labute approximate surface area is 134 Å². The number of ether oxygens (including phenoxy) is 1. The molecule has 0 atom stereocenters. The molecule has 4 nitrogen and oxygen atoms in total. The molecule has 0 unspecified atom stereocenters. The Morgan fingerprint density at radius 1 is 1.23 bits per heavy atom. The van der Waals surface area contributed by atoms with Gasteiger partial charge in [0.2, 0.25) is 0 Å². The van der Waals surface area contributed by atoms with E-state index in [0.717, 1.165) is 28.2 Å². The molecule has 22 heavy (non-hydrogen) atoms. The van der Waals surface area contributed by atoms with Gasteiger partial charge in [-0.1, -0.05) is 36.5 Å². The largest absolute Gasteiger partial charge is 0.497 e. The predicted molar refractivity (Wildman–Crippen MR) is 93.1 cm³/mol. The number of nitrogens with two attached hydrogens (primary N) is 1. The number of nitrogens with zero attached hydrogens (tertiary/aromatic N) is 2. The number of aryl methyl sites for hydroxylation is 1. The molecule has 0 aliphatic heterocycles. The maximum absolute atomic E-state index is 5.67. The summed E-state index contributed by atoms with van der Waals surface area (Å²) in [5, 5.41) is 0. The topological polar surface area (TPSA) is 53.1 Å². The first-order valence-electron chi connectivity index (χ1n) is 7.07. The van der Waals surface area contributed by atoms with Gasteiger partial charge in [0.05, 0.1) is 23.1 Å². The SMILES string of the molecule is COc1cccc(-c2nc3ccccc3n2CCC(N)=S)c1. The molecular formula is C17H17N3OS. The Hall–Kier alpha value is -2.40. The summed E-state index contributed by atoms with van der Waals surface area (Å²) in [4.78, 5) is 5.27. The van der Waals surface area contributed by atoms with Crippen LogP contribution in [0.15, 0.2) is 48.5 Å². The summed E-state index contributed by atoms with van der Waals surface area (Å²) in [6.45, 7) is 0.711. The molecule has 112 valence electrons. The highest BCUT2D eigenvalue weighted by Crippen LogP contribution is 2.27. The summed E-state index contributed by atoms with van der Waals surface area (Å²) < 4.78 is 7.47. The zero-order valence-corrected chi connectivity index (χ0v) is 13.1. The van der Waals surface area contributed by atoms with Crippen molar-refractivity contribution >= 4 is 28.2 Å². The van der Waals surface area contributed by atoms with Gasteiger partial charge in [0, 0.05) is 18.5 Å². The Morgan fingerprint density at radius 3 is 2.82 bits per heavy atom. The number of aromatic nitrogens is 2. The Bertz CT molecular complexity index is 826. The van der Waals surface area contributed by atoms with E-state index in [1.807, 2.05) is 42.5 Å². The highest BCUT2D eigenvalue weighted by Gasteiger charge is 2.13. The van der Waals surface area contributed by atoms with Crippen molar-refractivity contribution in [1.29, 1.82) is 0 Å². The van der Waals surface area contributed by atoms with Gasteiger partial charge in [-0.05, 0) is 24.3 Å². The predicted octanol–water partition coefficient (Wildman–Crippen LogP) is 3.39. The zero-order valence-electron chi connectivity index (χ0n) is 12.3. The van der Waals surface area contributed by atoms with Gasteiger partial charge >= 0.3 is 0 Å². The Balaban J connectivity index is 2.14. The Morgan fingerprint density at radius 2 is 2.05 bits per heavy atom. The molecule has 0 aliphatic carbocycles. The summed E-state index contributed by atoms with van der Waals surface area (Å²) >= 11 is 5.01. The fourth-order valence-corrected chi connectivity index (χ4v) is 2.60. The van der Waals surface area contributed by atoms with Gasteiger partial charge in [-0.2, -0.15) is 0 Å². The third-order valence-electron chi connectivity index (χ3n) is 3.56. The van der Waals surface area contributed by atoms with Crippen molar-refractivity contribution in [1.82, 2.24) is 9.55 Å². The first kappa shape index (κ1) is 14.5. The number of benzene rings is 2. The molecule has 5 heteroatoms. The quantitative estimate of drug-likeness (QED) is 0.734. The van der Waals surface area contributed by atoms with Crippen LogP contribution in [0.25, 0.3) is 22.4 Å². The molecule has 0 spiro atoms. The molecule has 1 heterocycles. The van der Waals surface area contributed by atoms with Crippen molar-refractivity contribution in [3.05, 3.63) is 48.5 Å². The van der Waals surface area contributed by atoms with Gasteiger partial charge < -0.3 is 15.0 Å². The van der Waals surface area contributed by atoms with E-state index in [9.17, 15) is 0 Å². The number of thiocarbonyl (C=S) groups is 1. The van der Waals surface area contributed by atoms with E-state index >= 15 is 0 Å². The molecule has 0 saturated heterocycles. The van der Waals surface area contributed by atoms with Crippen LogP contribution >= 0.6 is 12.2 Å². The molecule has 0 radical (unpaired) electrons. The summed E-state index contributed by atoms with van der Waals surface area (Å²) in [7, 11) is 1.66. The molecule has 2 aromatic carbocycles. The summed E-state index contributed by atoms with van der Waals surface area (Å²) in [5.74, 6) is 1.71. The van der Waals surface area contributed by atoms with Crippen LogP contribution < -0.4 is 10.5 Å². The van der Waals surface area contributed by atoms with E-state index in [0.29, 0.717) is 18.0 Å². The third kappa shape index (κ3) is 2.80. The second kappa shape index (κ2) is 6.15. The van der Waals surface area contributed by atoms with E-state index in [2.05, 4.69) is 10.6 Å². The molecule has 2 N–H and O–H groups in total. The minimum Gasteiger partial charge on any atom is -0.497 e. The Kier molecular flexibility index (Phi) is 4.06. The molecule has 0 fully saturated rings. The van der Waals surface area contributed by atoms with Gasteiger partial charge in [-0.3, -0.25) is 0 Å². The molecule has 0 aliphatic rings. The van der Waals surface area contributed by atoms with Crippen LogP contribution in [0.2, 0.25) is 0 Å². The van der Waals surface area contributed by atoms with Gasteiger partial charge in [-0.15, -0.1) is 0 Å². The maximum atomic E-state index is 5.67. The fraction of sp³-hybridized carbons (Fsp3) is 0.176. The molecule has 0 saturated carbocycles. The van der Waals surface area contributed by atoms with Gasteiger partial charge in [0.1, 0.15) is 11.6 Å². The number of methoxy groups -OCH3 is 1. The second-order valence-electron chi connectivity index (χ2n) is 5.02. The first-order chi connectivity index (χ1) is 10.7. The molecule has 3 aromatic rings. The van der Waals surface area contributed by atoms with Crippen LogP contribution in [0, 0.1) is 0 Å². The number of fused-ring (bicyclic) bond motifs is 1. The second-order valence-corrected chi connectivity index (χ2v) is 5.55. The van der Waals surface area contributed by atoms with Crippen molar-refractivity contribution < 1.29 is 4.74 Å². The average molecular weight is 311 g/mol. The van der Waals surface area contributed by atoms with E-state index < -0.39 is 0 Å². The zero-order chi connectivity index (χ0) is 15.5. The van der Waals surface area contributed by atoms with Crippen molar-refractivity contribution in [3.8, 4) is 17.1 Å². The highest BCUT2D eigenvalue weighted by molar-refractivity contribution is 7.80. The van der Waals surface area contributed by atoms with Crippen molar-refractivity contribution in [2.75, 3.05) is 7.11 Å². The minimum absolute atomic E-state index is 0.509. The molecule has 0 bridgehead atoms. The highest BCUT2D eigenvalue weighted by atomic mass is 32.1. The van der Waals surface area contributed by atoms with E-state index in [1.54, 1.807) is 7.11 Å². The van der Waals surface area contributed by atoms with Crippen LogP contribution in [0.3, 0.4) is 0 Å². The van der Waals surface area contributed by atoms with Crippen LogP contribution in [0.5, 0.6) is 5.75 Å². The van der Waals surface area contributed by atoms with Gasteiger partial charge in [-0.25, -0.2) is 4.98 Å². The number of para-hydroxylation sites is 2. The van der Waals surface area contributed by atoms with Gasteiger partial charge in [0.15, 0.2) is 0 Å². The van der Waals surface area contributed by atoms with Crippen molar-refractivity contribution in [2.45, 2.75) is 13.0 Å². The fourth-order valence-electron chi connectivity index (χ4n) is 2.51. The average Bonchev–Trinajstić information content (AvgIpc) is 2.91. The summed E-state index contributed by atoms with van der Waals surface area (Å²) in [6, 6.07) is 16.0. The molecule has 1 aromatic heterocycles. The monoisotopic (exact) mass is 311 g/mol. The lowest BCUT2D eigenvalue weighted by Gasteiger charge is -2.09. The van der Waals surface area contributed by atoms with Crippen LogP contribution in [-0.2, 0) is 6.54 Å². The van der Waals surface area contributed by atoms with Gasteiger partial charge in [0.25, 0.3) is 0 Å². The normalized spacial score (nSPS) is 10.8. The third-order valence-corrected chi connectivity index (χ3v) is 3.77. The summed E-state index contributed by atoms with van der Waals surface area (Å²) in [5.41, 5.74) is 8.72. The van der Waals surface area contributed by atoms with Crippen LogP contribution in [0.1, 0.15) is 6.42 Å². The lowest BCUT2D eigenvalue weighted by molar-refractivity contribution is 0.415.